The van der Waals surface area contributed by atoms with Gasteiger partial charge in [-0.15, -0.1) is 11.3 Å². The van der Waals surface area contributed by atoms with Crippen LogP contribution < -0.4 is 26.0 Å². The number of likely N-dealkylation sites (N-methyl/N-ethyl adjacent to an activating group) is 1. The van der Waals surface area contributed by atoms with Crippen LogP contribution >= 0.6 is 11.3 Å². The van der Waals surface area contributed by atoms with Crippen molar-refractivity contribution in [2.24, 2.45) is 0 Å². The fourth-order valence-corrected chi connectivity index (χ4v) is 3.04. The number of urea groups is 1. The molecular weight excluding hydrogens is 342 g/mol. The maximum absolute atomic E-state index is 12.0. The number of hydrogen-bond donors (Lipinski definition) is 3. The van der Waals surface area contributed by atoms with E-state index in [0.29, 0.717) is 28.8 Å². The summed E-state index contributed by atoms with van der Waals surface area (Å²) in [7, 11) is 1.69. The van der Waals surface area contributed by atoms with Crippen LogP contribution in [0.2, 0.25) is 0 Å². The molecule has 2 heterocycles. The van der Waals surface area contributed by atoms with E-state index in [2.05, 4.69) is 15.6 Å². The lowest BCUT2D eigenvalue weighted by Crippen LogP contribution is -2.35. The van der Waals surface area contributed by atoms with Crippen LogP contribution in [0.25, 0.3) is 0 Å². The van der Waals surface area contributed by atoms with Crippen LogP contribution in [0.5, 0.6) is 5.75 Å². The first-order valence-corrected chi connectivity index (χ1v) is 8.69. The number of benzene rings is 1. The molecule has 3 amide bonds. The van der Waals surface area contributed by atoms with Crippen molar-refractivity contribution in [3.63, 3.8) is 0 Å². The van der Waals surface area contributed by atoms with Gasteiger partial charge >= 0.3 is 6.03 Å². The summed E-state index contributed by atoms with van der Waals surface area (Å²) < 4.78 is 5.40. The van der Waals surface area contributed by atoms with Gasteiger partial charge < -0.3 is 26.0 Å². The predicted molar refractivity (Wildman–Crippen MR) is 97.2 cm³/mol. The Morgan fingerprint density at radius 2 is 2.32 bits per heavy atom. The Hall–Kier alpha value is -2.81. The van der Waals surface area contributed by atoms with Crippen molar-refractivity contribution in [1.82, 2.24) is 10.3 Å². The first-order valence-electron chi connectivity index (χ1n) is 7.81. The zero-order chi connectivity index (χ0) is 17.8. The van der Waals surface area contributed by atoms with Crippen molar-refractivity contribution in [2.45, 2.75) is 12.8 Å². The average molecular weight is 361 g/mol. The largest absolute Gasteiger partial charge is 0.481 e. The zero-order valence-corrected chi connectivity index (χ0v) is 14.6. The molecule has 3 rings (SSSR count). The number of aryl methyl sites for hydroxylation is 1. The van der Waals surface area contributed by atoms with E-state index in [1.165, 1.54) is 16.2 Å². The molecule has 0 saturated carbocycles. The van der Waals surface area contributed by atoms with Crippen molar-refractivity contribution in [3.05, 3.63) is 29.3 Å². The quantitative estimate of drug-likeness (QED) is 0.704. The summed E-state index contributed by atoms with van der Waals surface area (Å²) in [6.45, 7) is 0.530. The summed E-state index contributed by atoms with van der Waals surface area (Å²) in [5.41, 5.74) is 7.81. The van der Waals surface area contributed by atoms with E-state index >= 15 is 0 Å². The number of aromatic nitrogens is 1. The first kappa shape index (κ1) is 17.0. The van der Waals surface area contributed by atoms with Crippen molar-refractivity contribution in [3.8, 4) is 5.75 Å². The lowest BCUT2D eigenvalue weighted by Gasteiger charge is -2.26. The Labute approximate surface area is 149 Å². The number of fused-ring (bicyclic) bond motifs is 1. The number of carbonyl (C=O) groups excluding carboxylic acids is 2. The van der Waals surface area contributed by atoms with Gasteiger partial charge in [-0.05, 0) is 25.0 Å². The average Bonchev–Trinajstić information content (AvgIpc) is 3.00. The predicted octanol–water partition coefficient (Wildman–Crippen LogP) is 1.83. The second kappa shape index (κ2) is 7.39. The van der Waals surface area contributed by atoms with Gasteiger partial charge in [-0.2, -0.15) is 0 Å². The number of rotatable bonds is 5. The summed E-state index contributed by atoms with van der Waals surface area (Å²) in [6.07, 6.45) is 1.54. The number of nitrogens with one attached hydrogen (secondary N) is 2. The minimum absolute atomic E-state index is 0.000280. The molecule has 0 saturated heterocycles. The smallest absolute Gasteiger partial charge is 0.319 e. The summed E-state index contributed by atoms with van der Waals surface area (Å²) >= 11 is 1.41. The molecule has 0 radical (unpaired) electrons. The van der Waals surface area contributed by atoms with Crippen LogP contribution in [0.15, 0.2) is 23.6 Å². The van der Waals surface area contributed by atoms with Gasteiger partial charge in [0.1, 0.15) is 5.75 Å². The second-order valence-corrected chi connectivity index (χ2v) is 6.48. The molecule has 8 nitrogen and oxygen atoms in total. The zero-order valence-electron chi connectivity index (χ0n) is 13.7. The molecule has 1 aliphatic rings. The Balaban J connectivity index is 1.47. The number of nitrogens with zero attached hydrogens (tertiary/aromatic N) is 2. The highest BCUT2D eigenvalue weighted by molar-refractivity contribution is 7.13. The van der Waals surface area contributed by atoms with Gasteiger partial charge in [0.2, 0.25) is 0 Å². The van der Waals surface area contributed by atoms with E-state index in [0.717, 1.165) is 18.5 Å². The van der Waals surface area contributed by atoms with E-state index < -0.39 is 0 Å². The first-order chi connectivity index (χ1) is 12.0. The van der Waals surface area contributed by atoms with E-state index in [1.54, 1.807) is 25.2 Å². The van der Waals surface area contributed by atoms with Crippen LogP contribution in [0.3, 0.4) is 0 Å². The third-order valence-electron chi connectivity index (χ3n) is 3.77. The standard InChI is InChI=1S/C16H19N5O3S/c1-21-12-5-4-10(7-13(12)24-8-14(21)22)20-16(23)18-6-2-3-11-9-25-15(17)19-11/h4-5,7,9H,2-3,6,8H2,1H3,(H2,17,19)(H2,18,20,23). The number of thiazole rings is 1. The maximum Gasteiger partial charge on any atom is 0.319 e. The van der Waals surface area contributed by atoms with Crippen molar-refractivity contribution in [2.75, 3.05) is 36.1 Å². The van der Waals surface area contributed by atoms with Crippen LogP contribution in [0, 0.1) is 0 Å². The van der Waals surface area contributed by atoms with Gasteiger partial charge in [0.15, 0.2) is 11.7 Å². The molecule has 0 fully saturated rings. The van der Waals surface area contributed by atoms with Gasteiger partial charge in [-0.3, -0.25) is 4.79 Å². The molecule has 1 aliphatic heterocycles. The molecule has 2 aromatic rings. The molecule has 0 spiro atoms. The van der Waals surface area contributed by atoms with Crippen LogP contribution in [-0.2, 0) is 11.2 Å². The minimum Gasteiger partial charge on any atom is -0.481 e. The van der Waals surface area contributed by atoms with Crippen LogP contribution in [0.4, 0.5) is 21.3 Å². The van der Waals surface area contributed by atoms with Crippen molar-refractivity contribution in [1.29, 1.82) is 0 Å². The van der Waals surface area contributed by atoms with Crippen LogP contribution in [-0.4, -0.2) is 37.1 Å². The molecule has 1 aromatic carbocycles. The third-order valence-corrected chi connectivity index (χ3v) is 4.49. The number of amides is 3. The molecule has 9 heteroatoms. The van der Waals surface area contributed by atoms with Gasteiger partial charge in [-0.25, -0.2) is 9.78 Å². The maximum atomic E-state index is 12.0. The highest BCUT2D eigenvalue weighted by Crippen LogP contribution is 2.33. The highest BCUT2D eigenvalue weighted by atomic mass is 32.1. The number of anilines is 3. The van der Waals surface area contributed by atoms with Crippen molar-refractivity contribution < 1.29 is 14.3 Å². The molecule has 0 aliphatic carbocycles. The molecule has 25 heavy (non-hydrogen) atoms. The number of nitrogen functional groups attached to an aromatic ring is 1. The van der Waals surface area contributed by atoms with E-state index in [4.69, 9.17) is 10.5 Å². The fourth-order valence-electron chi connectivity index (χ4n) is 2.44. The topological polar surface area (TPSA) is 110 Å². The van der Waals surface area contributed by atoms with Gasteiger partial charge in [0.05, 0.1) is 11.4 Å². The monoisotopic (exact) mass is 361 g/mol. The summed E-state index contributed by atoms with van der Waals surface area (Å²) in [5, 5.41) is 8.03. The molecular formula is C16H19N5O3S. The Bertz CT molecular complexity index is 792. The Morgan fingerprint density at radius 3 is 3.08 bits per heavy atom. The molecule has 0 bridgehead atoms. The molecule has 0 atom stereocenters. The lowest BCUT2D eigenvalue weighted by molar-refractivity contribution is -0.120. The number of nitrogens with two attached hydrogens (primary N) is 1. The van der Waals surface area contributed by atoms with E-state index in [9.17, 15) is 9.59 Å². The van der Waals surface area contributed by atoms with Crippen LogP contribution in [0.1, 0.15) is 12.1 Å². The minimum atomic E-state index is -0.294. The second-order valence-electron chi connectivity index (χ2n) is 5.59. The van der Waals surface area contributed by atoms with E-state index in [-0.39, 0.29) is 18.5 Å². The lowest BCUT2D eigenvalue weighted by atomic mass is 10.2. The molecule has 0 unspecified atom stereocenters. The fraction of sp³-hybridized carbons (Fsp3) is 0.312. The number of hydrogen-bond acceptors (Lipinski definition) is 6. The number of carbonyl (C=O) groups is 2. The van der Waals surface area contributed by atoms with Crippen molar-refractivity contribution >= 4 is 39.8 Å². The highest BCUT2D eigenvalue weighted by Gasteiger charge is 2.22. The SMILES string of the molecule is CN1C(=O)COc2cc(NC(=O)NCCCc3csc(N)n3)ccc21. The van der Waals surface area contributed by atoms with Gasteiger partial charge in [0.25, 0.3) is 5.91 Å². The molecule has 132 valence electrons. The Morgan fingerprint density at radius 1 is 1.48 bits per heavy atom. The molecule has 4 N–H and O–H groups in total. The van der Waals surface area contributed by atoms with Gasteiger partial charge in [-0.1, -0.05) is 0 Å². The summed E-state index contributed by atoms with van der Waals surface area (Å²) in [5.74, 6) is 0.467. The summed E-state index contributed by atoms with van der Waals surface area (Å²) in [4.78, 5) is 29.2. The molecule has 1 aromatic heterocycles. The number of ether oxygens (including phenoxy) is 1. The van der Waals surface area contributed by atoms with Gasteiger partial charge in [0, 0.05) is 30.7 Å². The van der Waals surface area contributed by atoms with E-state index in [1.807, 2.05) is 5.38 Å². The summed E-state index contributed by atoms with van der Waals surface area (Å²) in [6, 6.07) is 4.89. The Kier molecular flexibility index (Phi) is 5.03. The normalized spacial score (nSPS) is 13.2. The third kappa shape index (κ3) is 4.18.